The van der Waals surface area contributed by atoms with E-state index in [1.807, 2.05) is 19.9 Å². The Morgan fingerprint density at radius 1 is 1.33 bits per heavy atom. The number of ether oxygens (including phenoxy) is 1. The number of benzene rings is 1. The van der Waals surface area contributed by atoms with E-state index in [1.54, 1.807) is 7.11 Å². The summed E-state index contributed by atoms with van der Waals surface area (Å²) in [6, 6.07) is 3.90. The number of nitrogens with two attached hydrogens (primary N) is 1. The number of methoxy groups -OCH3 is 1. The van der Waals surface area contributed by atoms with Crippen molar-refractivity contribution in [2.24, 2.45) is 5.73 Å². The Hall–Kier alpha value is -1.06. The van der Waals surface area contributed by atoms with Crippen LogP contribution in [0.15, 0.2) is 12.1 Å². The molecule has 15 heavy (non-hydrogen) atoms. The minimum Gasteiger partial charge on any atom is -0.496 e. The Balaban J connectivity index is 2.95. The zero-order valence-corrected chi connectivity index (χ0v) is 9.58. The quantitative estimate of drug-likeness (QED) is 0.782. The Morgan fingerprint density at radius 3 is 2.53 bits per heavy atom. The SMILES string of the molecule is COc1cc(C)c(CC(N)CO)cc1C. The molecule has 84 valence electrons. The number of aliphatic hydroxyl groups is 1. The van der Waals surface area contributed by atoms with Gasteiger partial charge >= 0.3 is 0 Å². The summed E-state index contributed by atoms with van der Waals surface area (Å²) in [7, 11) is 1.67. The predicted molar refractivity (Wildman–Crippen MR) is 61.2 cm³/mol. The molecule has 0 aliphatic rings. The third kappa shape index (κ3) is 2.94. The van der Waals surface area contributed by atoms with Crippen LogP contribution < -0.4 is 10.5 Å². The topological polar surface area (TPSA) is 55.5 Å². The van der Waals surface area contributed by atoms with E-state index in [9.17, 15) is 0 Å². The molecular formula is C12H19NO2. The molecule has 3 nitrogen and oxygen atoms in total. The van der Waals surface area contributed by atoms with Gasteiger partial charge in [-0.25, -0.2) is 0 Å². The molecular weight excluding hydrogens is 190 g/mol. The van der Waals surface area contributed by atoms with Gasteiger partial charge in [-0.1, -0.05) is 6.07 Å². The molecule has 1 unspecified atom stereocenters. The minimum absolute atomic E-state index is 0.0184. The maximum absolute atomic E-state index is 8.91. The Labute approximate surface area is 90.9 Å². The van der Waals surface area contributed by atoms with Crippen molar-refractivity contribution < 1.29 is 9.84 Å². The molecule has 3 heteroatoms. The number of aliphatic hydroxyl groups excluding tert-OH is 1. The van der Waals surface area contributed by atoms with Crippen molar-refractivity contribution in [1.29, 1.82) is 0 Å². The first kappa shape index (κ1) is 12.0. The van der Waals surface area contributed by atoms with E-state index in [4.69, 9.17) is 15.6 Å². The fourth-order valence-electron chi connectivity index (χ4n) is 1.64. The third-order valence-electron chi connectivity index (χ3n) is 2.57. The maximum atomic E-state index is 8.91. The molecule has 0 spiro atoms. The molecule has 0 heterocycles. The van der Waals surface area contributed by atoms with Gasteiger partial charge in [-0.2, -0.15) is 0 Å². The smallest absolute Gasteiger partial charge is 0.122 e. The number of hydrogen-bond acceptors (Lipinski definition) is 3. The lowest BCUT2D eigenvalue weighted by Crippen LogP contribution is -2.27. The molecule has 0 saturated carbocycles. The average Bonchev–Trinajstić information content (AvgIpc) is 2.22. The van der Waals surface area contributed by atoms with Gasteiger partial charge < -0.3 is 15.6 Å². The molecule has 0 aliphatic carbocycles. The highest BCUT2D eigenvalue weighted by atomic mass is 16.5. The second-order valence-electron chi connectivity index (χ2n) is 3.90. The fraction of sp³-hybridized carbons (Fsp3) is 0.500. The number of rotatable bonds is 4. The van der Waals surface area contributed by atoms with Crippen LogP contribution in [0, 0.1) is 13.8 Å². The molecule has 1 aromatic rings. The largest absolute Gasteiger partial charge is 0.496 e. The van der Waals surface area contributed by atoms with Gasteiger partial charge in [0.1, 0.15) is 5.75 Å². The molecule has 0 aliphatic heterocycles. The summed E-state index contributed by atoms with van der Waals surface area (Å²) in [5.41, 5.74) is 9.14. The standard InChI is InChI=1S/C12H19NO2/c1-8-5-12(15-3)9(2)4-10(8)6-11(13)7-14/h4-5,11,14H,6-7,13H2,1-3H3. The van der Waals surface area contributed by atoms with E-state index in [0.29, 0.717) is 6.42 Å². The minimum atomic E-state index is -0.184. The fourth-order valence-corrected chi connectivity index (χ4v) is 1.64. The zero-order chi connectivity index (χ0) is 11.4. The van der Waals surface area contributed by atoms with Crippen LogP contribution in [0.4, 0.5) is 0 Å². The lowest BCUT2D eigenvalue weighted by atomic mass is 9.99. The second kappa shape index (κ2) is 5.14. The first-order valence-electron chi connectivity index (χ1n) is 5.09. The van der Waals surface area contributed by atoms with Crippen molar-refractivity contribution in [3.8, 4) is 5.75 Å². The van der Waals surface area contributed by atoms with Gasteiger partial charge in [0, 0.05) is 6.04 Å². The second-order valence-corrected chi connectivity index (χ2v) is 3.90. The summed E-state index contributed by atoms with van der Waals surface area (Å²) in [5, 5.41) is 8.91. The normalized spacial score (nSPS) is 12.6. The third-order valence-corrected chi connectivity index (χ3v) is 2.57. The Bertz CT molecular complexity index is 337. The van der Waals surface area contributed by atoms with Crippen LogP contribution in [0.25, 0.3) is 0 Å². The molecule has 0 bridgehead atoms. The van der Waals surface area contributed by atoms with Crippen LogP contribution in [0.2, 0.25) is 0 Å². The van der Waals surface area contributed by atoms with Crippen LogP contribution in [0.5, 0.6) is 5.75 Å². The highest BCUT2D eigenvalue weighted by Crippen LogP contribution is 2.23. The Kier molecular flexibility index (Phi) is 4.12. The van der Waals surface area contributed by atoms with Crippen LogP contribution in [0.3, 0.4) is 0 Å². The van der Waals surface area contributed by atoms with Gasteiger partial charge in [-0.15, -0.1) is 0 Å². The summed E-state index contributed by atoms with van der Waals surface area (Å²) in [5.74, 6) is 0.897. The van der Waals surface area contributed by atoms with Gasteiger partial charge in [-0.3, -0.25) is 0 Å². The predicted octanol–water partition coefficient (Wildman–Crippen LogP) is 1.17. The summed E-state index contributed by atoms with van der Waals surface area (Å²) < 4.78 is 5.23. The van der Waals surface area contributed by atoms with Crippen LogP contribution in [0.1, 0.15) is 16.7 Å². The summed E-state index contributed by atoms with van der Waals surface area (Å²) >= 11 is 0. The Morgan fingerprint density at radius 2 is 2.00 bits per heavy atom. The van der Waals surface area contributed by atoms with E-state index in [2.05, 4.69) is 6.07 Å². The summed E-state index contributed by atoms with van der Waals surface area (Å²) in [6.07, 6.45) is 0.702. The van der Waals surface area contributed by atoms with Gasteiger partial charge in [0.25, 0.3) is 0 Å². The molecule has 0 aromatic heterocycles. The molecule has 3 N–H and O–H groups in total. The van der Waals surface area contributed by atoms with Crippen molar-refractivity contribution in [3.63, 3.8) is 0 Å². The van der Waals surface area contributed by atoms with Crippen molar-refractivity contribution in [1.82, 2.24) is 0 Å². The first-order valence-corrected chi connectivity index (χ1v) is 5.09. The van der Waals surface area contributed by atoms with Crippen molar-refractivity contribution in [3.05, 3.63) is 28.8 Å². The maximum Gasteiger partial charge on any atom is 0.122 e. The van der Waals surface area contributed by atoms with Crippen molar-refractivity contribution >= 4 is 0 Å². The van der Waals surface area contributed by atoms with E-state index < -0.39 is 0 Å². The molecule has 1 aromatic carbocycles. The average molecular weight is 209 g/mol. The molecule has 1 rings (SSSR count). The highest BCUT2D eigenvalue weighted by Gasteiger charge is 2.08. The monoisotopic (exact) mass is 209 g/mol. The lowest BCUT2D eigenvalue weighted by Gasteiger charge is -2.14. The van der Waals surface area contributed by atoms with E-state index in [0.717, 1.165) is 16.9 Å². The van der Waals surface area contributed by atoms with Gasteiger partial charge in [0.15, 0.2) is 0 Å². The molecule has 0 amide bonds. The van der Waals surface area contributed by atoms with E-state index in [1.165, 1.54) is 5.56 Å². The van der Waals surface area contributed by atoms with Gasteiger partial charge in [0.2, 0.25) is 0 Å². The molecule has 0 saturated heterocycles. The number of aryl methyl sites for hydroxylation is 2. The number of hydrogen-bond donors (Lipinski definition) is 2. The lowest BCUT2D eigenvalue weighted by molar-refractivity contribution is 0.265. The van der Waals surface area contributed by atoms with Gasteiger partial charge in [-0.05, 0) is 43.0 Å². The van der Waals surface area contributed by atoms with Crippen molar-refractivity contribution in [2.75, 3.05) is 13.7 Å². The van der Waals surface area contributed by atoms with E-state index >= 15 is 0 Å². The van der Waals surface area contributed by atoms with Gasteiger partial charge in [0.05, 0.1) is 13.7 Å². The molecule has 1 atom stereocenters. The molecule has 0 fully saturated rings. The zero-order valence-electron chi connectivity index (χ0n) is 9.58. The van der Waals surface area contributed by atoms with Crippen LogP contribution in [-0.4, -0.2) is 24.9 Å². The summed E-state index contributed by atoms with van der Waals surface area (Å²) in [6.45, 7) is 4.05. The summed E-state index contributed by atoms with van der Waals surface area (Å²) in [4.78, 5) is 0. The van der Waals surface area contributed by atoms with E-state index in [-0.39, 0.29) is 12.6 Å². The highest BCUT2D eigenvalue weighted by molar-refractivity contribution is 5.41. The van der Waals surface area contributed by atoms with Crippen molar-refractivity contribution in [2.45, 2.75) is 26.3 Å². The van der Waals surface area contributed by atoms with Crippen LogP contribution >= 0.6 is 0 Å². The van der Waals surface area contributed by atoms with Crippen LogP contribution in [-0.2, 0) is 6.42 Å². The first-order chi connectivity index (χ1) is 7.08. The molecule has 0 radical (unpaired) electrons.